The van der Waals surface area contributed by atoms with Crippen molar-refractivity contribution >= 4 is 23.3 Å². The van der Waals surface area contributed by atoms with E-state index in [0.29, 0.717) is 5.69 Å². The largest absolute Gasteiger partial charge is 0.465 e. The van der Waals surface area contributed by atoms with E-state index < -0.39 is 11.9 Å². The molecule has 0 radical (unpaired) electrons. The molecule has 0 saturated carbocycles. The number of para-hydroxylation sites is 1. The van der Waals surface area contributed by atoms with Crippen LogP contribution in [-0.2, 0) is 4.74 Å². The lowest BCUT2D eigenvalue weighted by atomic mass is 10.1. The smallest absolute Gasteiger partial charge is 0.339 e. The number of nitrogens with one attached hydrogen (secondary N) is 2. The van der Waals surface area contributed by atoms with Crippen molar-refractivity contribution in [2.75, 3.05) is 18.2 Å². The fraction of sp³-hybridized carbons (Fsp3) is 0.0833. The van der Waals surface area contributed by atoms with Gasteiger partial charge >= 0.3 is 5.97 Å². The normalized spacial score (nSPS) is 9.95. The molecule has 1 heterocycles. The van der Waals surface area contributed by atoms with Crippen LogP contribution in [0.2, 0.25) is 0 Å². The standard InChI is InChI=1S/C12H12N4O3/c1-19-12(18)7-4-2-3-5-9(7)15-11(17)10-8(13)6-14-16-10/h2-6H,13H2,1H3,(H,14,16)(H,15,17). The Balaban J connectivity index is 2.27. The van der Waals surface area contributed by atoms with Gasteiger partial charge in [0, 0.05) is 0 Å². The predicted molar refractivity (Wildman–Crippen MR) is 68.7 cm³/mol. The Morgan fingerprint density at radius 1 is 1.37 bits per heavy atom. The number of carbonyl (C=O) groups is 2. The molecule has 7 heteroatoms. The van der Waals surface area contributed by atoms with Gasteiger partial charge in [-0.05, 0) is 12.1 Å². The first-order valence-corrected chi connectivity index (χ1v) is 5.41. The summed E-state index contributed by atoms with van der Waals surface area (Å²) in [6.45, 7) is 0. The van der Waals surface area contributed by atoms with Crippen LogP contribution in [0, 0.1) is 0 Å². The Morgan fingerprint density at radius 3 is 2.74 bits per heavy atom. The van der Waals surface area contributed by atoms with E-state index in [1.165, 1.54) is 13.3 Å². The van der Waals surface area contributed by atoms with Gasteiger partial charge in [0.15, 0.2) is 0 Å². The predicted octanol–water partition coefficient (Wildman–Crippen LogP) is 1.03. The molecule has 1 amide bonds. The van der Waals surface area contributed by atoms with Crippen LogP contribution < -0.4 is 11.1 Å². The highest BCUT2D eigenvalue weighted by Gasteiger charge is 2.16. The zero-order valence-corrected chi connectivity index (χ0v) is 10.1. The molecule has 2 aromatic rings. The third-order valence-electron chi connectivity index (χ3n) is 2.48. The molecule has 4 N–H and O–H groups in total. The lowest BCUT2D eigenvalue weighted by Gasteiger charge is -2.08. The second kappa shape index (κ2) is 5.21. The van der Waals surface area contributed by atoms with Crippen LogP contribution in [0.15, 0.2) is 30.5 Å². The molecule has 7 nitrogen and oxygen atoms in total. The van der Waals surface area contributed by atoms with Gasteiger partial charge in [-0.3, -0.25) is 9.89 Å². The monoisotopic (exact) mass is 260 g/mol. The van der Waals surface area contributed by atoms with Crippen molar-refractivity contribution in [3.05, 3.63) is 41.7 Å². The van der Waals surface area contributed by atoms with Crippen molar-refractivity contribution < 1.29 is 14.3 Å². The van der Waals surface area contributed by atoms with Gasteiger partial charge in [-0.25, -0.2) is 4.79 Å². The Morgan fingerprint density at radius 2 is 2.11 bits per heavy atom. The number of aromatic nitrogens is 2. The molecule has 2 rings (SSSR count). The Bertz CT molecular complexity index is 621. The third-order valence-corrected chi connectivity index (χ3v) is 2.48. The molecule has 98 valence electrons. The van der Waals surface area contributed by atoms with E-state index in [9.17, 15) is 9.59 Å². The van der Waals surface area contributed by atoms with Crippen molar-refractivity contribution in [2.45, 2.75) is 0 Å². The molecule has 0 aliphatic carbocycles. The van der Waals surface area contributed by atoms with Crippen molar-refractivity contribution in [3.63, 3.8) is 0 Å². The number of aromatic amines is 1. The van der Waals surface area contributed by atoms with E-state index in [1.54, 1.807) is 24.3 Å². The number of amides is 1. The Labute approximate surface area is 108 Å². The van der Waals surface area contributed by atoms with Gasteiger partial charge in [0.1, 0.15) is 5.69 Å². The van der Waals surface area contributed by atoms with Crippen molar-refractivity contribution in [3.8, 4) is 0 Å². The van der Waals surface area contributed by atoms with E-state index in [4.69, 9.17) is 5.73 Å². The number of anilines is 2. The summed E-state index contributed by atoms with van der Waals surface area (Å²) in [7, 11) is 1.27. The van der Waals surface area contributed by atoms with Gasteiger partial charge in [-0.2, -0.15) is 5.10 Å². The van der Waals surface area contributed by atoms with Gasteiger partial charge in [0.05, 0.1) is 30.2 Å². The molecular formula is C12H12N4O3. The number of methoxy groups -OCH3 is 1. The molecular weight excluding hydrogens is 248 g/mol. The molecule has 0 saturated heterocycles. The highest BCUT2D eigenvalue weighted by Crippen LogP contribution is 2.17. The number of ether oxygens (including phenoxy) is 1. The fourth-order valence-electron chi connectivity index (χ4n) is 1.54. The first-order valence-electron chi connectivity index (χ1n) is 5.41. The quantitative estimate of drug-likeness (QED) is 0.714. The Kier molecular flexibility index (Phi) is 3.46. The van der Waals surface area contributed by atoms with Crippen LogP contribution >= 0.6 is 0 Å². The highest BCUT2D eigenvalue weighted by molar-refractivity contribution is 6.09. The third kappa shape index (κ3) is 2.54. The van der Waals surface area contributed by atoms with E-state index in [1.807, 2.05) is 0 Å². The number of hydrogen-bond acceptors (Lipinski definition) is 5. The number of nitrogens with two attached hydrogens (primary N) is 1. The van der Waals surface area contributed by atoms with Gasteiger partial charge in [0.25, 0.3) is 5.91 Å². The summed E-state index contributed by atoms with van der Waals surface area (Å²) in [6.07, 6.45) is 1.33. The van der Waals surface area contributed by atoms with Gasteiger partial charge in [-0.15, -0.1) is 0 Å². The molecule has 0 fully saturated rings. The van der Waals surface area contributed by atoms with E-state index in [0.717, 1.165) is 0 Å². The SMILES string of the molecule is COC(=O)c1ccccc1NC(=O)c1[nH]ncc1N. The average Bonchev–Trinajstić information content (AvgIpc) is 2.85. The number of rotatable bonds is 3. The maximum Gasteiger partial charge on any atom is 0.339 e. The van der Waals surface area contributed by atoms with Crippen LogP contribution in [0.1, 0.15) is 20.8 Å². The van der Waals surface area contributed by atoms with Gasteiger partial charge in [0.2, 0.25) is 0 Å². The lowest BCUT2D eigenvalue weighted by Crippen LogP contribution is -2.17. The molecule has 0 atom stereocenters. The number of carbonyl (C=O) groups excluding carboxylic acids is 2. The molecule has 0 unspecified atom stereocenters. The molecule has 0 aliphatic heterocycles. The Hall–Kier alpha value is -2.83. The molecule has 1 aromatic heterocycles. The van der Waals surface area contributed by atoms with Crippen LogP contribution in [0.3, 0.4) is 0 Å². The number of nitrogen functional groups attached to an aromatic ring is 1. The number of esters is 1. The van der Waals surface area contributed by atoms with Crippen LogP contribution in [0.25, 0.3) is 0 Å². The number of H-pyrrole nitrogens is 1. The number of nitrogens with zero attached hydrogens (tertiary/aromatic N) is 1. The molecule has 0 spiro atoms. The van der Waals surface area contributed by atoms with Crippen LogP contribution in [0.4, 0.5) is 11.4 Å². The molecule has 0 aliphatic rings. The maximum atomic E-state index is 11.9. The lowest BCUT2D eigenvalue weighted by molar-refractivity contribution is 0.0602. The van der Waals surface area contributed by atoms with E-state index in [-0.39, 0.29) is 16.9 Å². The van der Waals surface area contributed by atoms with Crippen LogP contribution in [-0.4, -0.2) is 29.2 Å². The van der Waals surface area contributed by atoms with E-state index in [2.05, 4.69) is 20.3 Å². The summed E-state index contributed by atoms with van der Waals surface area (Å²) in [5.41, 5.74) is 6.54. The van der Waals surface area contributed by atoms with Crippen molar-refractivity contribution in [1.29, 1.82) is 0 Å². The second-order valence-corrected chi connectivity index (χ2v) is 3.69. The summed E-state index contributed by atoms with van der Waals surface area (Å²) in [5.74, 6) is -1.01. The maximum absolute atomic E-state index is 11.9. The zero-order chi connectivity index (χ0) is 13.8. The molecule has 0 bridgehead atoms. The topological polar surface area (TPSA) is 110 Å². The summed E-state index contributed by atoms with van der Waals surface area (Å²) >= 11 is 0. The summed E-state index contributed by atoms with van der Waals surface area (Å²) in [5, 5.41) is 8.72. The zero-order valence-electron chi connectivity index (χ0n) is 10.1. The minimum absolute atomic E-state index is 0.139. The van der Waals surface area contributed by atoms with Gasteiger partial charge < -0.3 is 15.8 Å². The summed E-state index contributed by atoms with van der Waals surface area (Å²) in [4.78, 5) is 23.5. The minimum Gasteiger partial charge on any atom is -0.465 e. The first kappa shape index (κ1) is 12.6. The summed E-state index contributed by atoms with van der Waals surface area (Å²) in [6, 6.07) is 6.51. The number of hydrogen-bond donors (Lipinski definition) is 3. The van der Waals surface area contributed by atoms with Crippen LogP contribution in [0.5, 0.6) is 0 Å². The van der Waals surface area contributed by atoms with Crippen molar-refractivity contribution in [1.82, 2.24) is 10.2 Å². The second-order valence-electron chi connectivity index (χ2n) is 3.69. The highest BCUT2D eigenvalue weighted by atomic mass is 16.5. The minimum atomic E-state index is -0.534. The fourth-order valence-corrected chi connectivity index (χ4v) is 1.54. The molecule has 1 aromatic carbocycles. The molecule has 19 heavy (non-hydrogen) atoms. The van der Waals surface area contributed by atoms with E-state index >= 15 is 0 Å². The average molecular weight is 260 g/mol. The van der Waals surface area contributed by atoms with Gasteiger partial charge in [-0.1, -0.05) is 12.1 Å². The van der Waals surface area contributed by atoms with Crippen molar-refractivity contribution in [2.24, 2.45) is 0 Å². The number of benzene rings is 1. The first-order chi connectivity index (χ1) is 9.13. The summed E-state index contributed by atoms with van der Waals surface area (Å²) < 4.78 is 4.64.